The molecule has 0 radical (unpaired) electrons. The molecule has 1 aliphatic heterocycles. The molecule has 1 aliphatic rings. The molecule has 3 heterocycles. The van der Waals surface area contributed by atoms with E-state index in [9.17, 15) is 9.18 Å². The number of benzene rings is 1. The SMILES string of the molecule is [2H]c1cc(-c2c(-c3ccc(F)cc3)ncn2CC(=O)N2CCN(C)CC2)ccn1. The number of rotatable bonds is 4. The summed E-state index contributed by atoms with van der Waals surface area (Å²) in [5.74, 6) is -0.292. The van der Waals surface area contributed by atoms with E-state index < -0.39 is 0 Å². The molecule has 0 atom stereocenters. The van der Waals surface area contributed by atoms with Gasteiger partial charge >= 0.3 is 0 Å². The molecule has 7 heteroatoms. The van der Waals surface area contributed by atoms with Crippen LogP contribution in [0.25, 0.3) is 22.5 Å². The number of amides is 1. The number of carbonyl (C=O) groups is 1. The van der Waals surface area contributed by atoms with Crippen LogP contribution in [0, 0.1) is 5.82 Å². The van der Waals surface area contributed by atoms with Crippen molar-refractivity contribution in [3.8, 4) is 22.5 Å². The number of pyridine rings is 1. The van der Waals surface area contributed by atoms with Crippen molar-refractivity contribution in [2.45, 2.75) is 6.54 Å². The highest BCUT2D eigenvalue weighted by Gasteiger charge is 2.22. The summed E-state index contributed by atoms with van der Waals surface area (Å²) in [4.78, 5) is 25.4. The van der Waals surface area contributed by atoms with Gasteiger partial charge in [-0.3, -0.25) is 9.78 Å². The maximum Gasteiger partial charge on any atom is 0.242 e. The van der Waals surface area contributed by atoms with Crippen molar-refractivity contribution in [2.24, 2.45) is 0 Å². The smallest absolute Gasteiger partial charge is 0.242 e. The molecule has 2 aromatic heterocycles. The lowest BCUT2D eigenvalue weighted by Gasteiger charge is -2.32. The van der Waals surface area contributed by atoms with Crippen LogP contribution in [-0.2, 0) is 11.3 Å². The first-order valence-electron chi connectivity index (χ1n) is 9.71. The van der Waals surface area contributed by atoms with Crippen LogP contribution in [0.1, 0.15) is 1.37 Å². The minimum Gasteiger partial charge on any atom is -0.339 e. The summed E-state index contributed by atoms with van der Waals surface area (Å²) in [6.07, 6.45) is 3.32. The molecule has 0 N–H and O–H groups in total. The molecule has 6 nitrogen and oxygen atoms in total. The average Bonchev–Trinajstić information content (AvgIpc) is 3.12. The van der Waals surface area contributed by atoms with E-state index >= 15 is 0 Å². The van der Waals surface area contributed by atoms with Crippen LogP contribution in [0.2, 0.25) is 0 Å². The van der Waals surface area contributed by atoms with Crippen molar-refractivity contribution in [3.05, 3.63) is 60.9 Å². The zero-order valence-electron chi connectivity index (χ0n) is 16.7. The number of likely N-dealkylation sites (N-methyl/N-ethyl adjacent to an activating group) is 1. The molecule has 144 valence electrons. The standard InChI is InChI=1S/C21H22FN5O/c1-25-10-12-26(13-11-25)19(28)14-27-15-24-20(16-2-4-18(22)5-3-16)21(27)17-6-8-23-9-7-17/h2-9,15H,10-14H2,1H3/i8D. The van der Waals surface area contributed by atoms with Gasteiger partial charge in [0.05, 0.1) is 19.1 Å². The maximum atomic E-state index is 13.4. The third-order valence-corrected chi connectivity index (χ3v) is 5.01. The van der Waals surface area contributed by atoms with E-state index in [4.69, 9.17) is 1.37 Å². The van der Waals surface area contributed by atoms with E-state index in [0.717, 1.165) is 29.9 Å². The Morgan fingerprint density at radius 1 is 1.11 bits per heavy atom. The van der Waals surface area contributed by atoms with Crippen LogP contribution in [0.3, 0.4) is 0 Å². The van der Waals surface area contributed by atoms with Gasteiger partial charge in [0, 0.05) is 49.7 Å². The molecule has 4 rings (SSSR count). The van der Waals surface area contributed by atoms with Crippen molar-refractivity contribution < 1.29 is 10.6 Å². The fraction of sp³-hybridized carbons (Fsp3) is 0.286. The predicted molar refractivity (Wildman–Crippen MR) is 105 cm³/mol. The summed E-state index contributed by atoms with van der Waals surface area (Å²) in [5.41, 5.74) is 2.85. The van der Waals surface area contributed by atoms with Crippen molar-refractivity contribution in [1.29, 1.82) is 0 Å². The van der Waals surface area contributed by atoms with Gasteiger partial charge in [-0.25, -0.2) is 9.37 Å². The van der Waals surface area contributed by atoms with Gasteiger partial charge < -0.3 is 14.4 Å². The summed E-state index contributed by atoms with van der Waals surface area (Å²) in [5, 5.41) is 0. The van der Waals surface area contributed by atoms with Gasteiger partial charge in [0.2, 0.25) is 5.91 Å². The lowest BCUT2D eigenvalue weighted by atomic mass is 10.1. The lowest BCUT2D eigenvalue weighted by molar-refractivity contribution is -0.133. The monoisotopic (exact) mass is 380 g/mol. The van der Waals surface area contributed by atoms with E-state index in [0.29, 0.717) is 18.8 Å². The van der Waals surface area contributed by atoms with Gasteiger partial charge in [-0.1, -0.05) is 0 Å². The van der Waals surface area contributed by atoms with Gasteiger partial charge in [-0.15, -0.1) is 0 Å². The maximum absolute atomic E-state index is 13.4. The molecule has 0 saturated carbocycles. The third-order valence-electron chi connectivity index (χ3n) is 5.01. The summed E-state index contributed by atoms with van der Waals surface area (Å²) in [6, 6.07) is 9.53. The first-order chi connectivity index (χ1) is 14.0. The molecule has 1 fully saturated rings. The minimum atomic E-state index is -0.322. The third kappa shape index (κ3) is 3.80. The normalized spacial score (nSPS) is 15.5. The van der Waals surface area contributed by atoms with E-state index in [1.54, 1.807) is 41.4 Å². The number of hydrogen-bond donors (Lipinski definition) is 0. The summed E-state index contributed by atoms with van der Waals surface area (Å²) in [6.45, 7) is 3.28. The summed E-state index contributed by atoms with van der Waals surface area (Å²) in [7, 11) is 2.05. The van der Waals surface area contributed by atoms with Crippen LogP contribution in [-0.4, -0.2) is 63.5 Å². The average molecular weight is 380 g/mol. The van der Waals surface area contributed by atoms with Crippen LogP contribution >= 0.6 is 0 Å². The number of carbonyl (C=O) groups excluding carboxylic acids is 1. The van der Waals surface area contributed by atoms with Crippen LogP contribution in [0.4, 0.5) is 4.39 Å². The first kappa shape index (κ1) is 17.1. The summed E-state index contributed by atoms with van der Waals surface area (Å²) < 4.78 is 23.0. The van der Waals surface area contributed by atoms with Gasteiger partial charge in [0.25, 0.3) is 0 Å². The Morgan fingerprint density at radius 2 is 1.86 bits per heavy atom. The molecular weight excluding hydrogens is 357 g/mol. The molecule has 0 spiro atoms. The van der Waals surface area contributed by atoms with Gasteiger partial charge in [-0.05, 0) is 43.4 Å². The highest BCUT2D eigenvalue weighted by molar-refractivity contribution is 5.81. The van der Waals surface area contributed by atoms with Crippen molar-refractivity contribution in [2.75, 3.05) is 33.2 Å². The molecule has 28 heavy (non-hydrogen) atoms. The highest BCUT2D eigenvalue weighted by atomic mass is 19.1. The fourth-order valence-corrected chi connectivity index (χ4v) is 3.39. The number of nitrogens with zero attached hydrogens (tertiary/aromatic N) is 5. The Bertz CT molecular complexity index is 1010. The number of piperazine rings is 1. The van der Waals surface area contributed by atoms with Gasteiger partial charge in [-0.2, -0.15) is 0 Å². The quantitative estimate of drug-likeness (QED) is 0.698. The van der Waals surface area contributed by atoms with E-state index in [2.05, 4.69) is 14.9 Å². The number of hydrogen-bond acceptors (Lipinski definition) is 4. The Balaban J connectivity index is 1.70. The molecule has 1 aromatic carbocycles. The zero-order chi connectivity index (χ0) is 20.4. The molecular formula is C21H22FN5O. The number of aromatic nitrogens is 3. The number of imidazole rings is 1. The van der Waals surface area contributed by atoms with Gasteiger partial charge in [0.15, 0.2) is 0 Å². The second kappa shape index (κ2) is 7.90. The van der Waals surface area contributed by atoms with Gasteiger partial charge in [0.1, 0.15) is 12.4 Å². The molecule has 0 aliphatic carbocycles. The Kier molecular flexibility index (Phi) is 4.81. The molecule has 1 saturated heterocycles. The molecule has 3 aromatic rings. The first-order valence-corrected chi connectivity index (χ1v) is 9.21. The van der Waals surface area contributed by atoms with Crippen LogP contribution < -0.4 is 0 Å². The van der Waals surface area contributed by atoms with E-state index in [1.807, 2.05) is 11.9 Å². The molecule has 0 unspecified atom stereocenters. The molecule has 1 amide bonds. The minimum absolute atomic E-state index is 0.0301. The Labute approximate surface area is 164 Å². The number of halogens is 1. The second-order valence-corrected chi connectivity index (χ2v) is 6.93. The largest absolute Gasteiger partial charge is 0.339 e. The van der Waals surface area contributed by atoms with Crippen LogP contribution in [0.5, 0.6) is 0 Å². The summed E-state index contributed by atoms with van der Waals surface area (Å²) >= 11 is 0. The van der Waals surface area contributed by atoms with E-state index in [1.165, 1.54) is 12.1 Å². The van der Waals surface area contributed by atoms with Crippen LogP contribution in [0.15, 0.2) is 55.1 Å². The second-order valence-electron chi connectivity index (χ2n) is 6.93. The van der Waals surface area contributed by atoms with E-state index in [-0.39, 0.29) is 24.4 Å². The van der Waals surface area contributed by atoms with Crippen molar-refractivity contribution >= 4 is 5.91 Å². The van der Waals surface area contributed by atoms with Crippen molar-refractivity contribution in [3.63, 3.8) is 0 Å². The molecule has 0 bridgehead atoms. The fourth-order valence-electron chi connectivity index (χ4n) is 3.39. The predicted octanol–water partition coefficient (Wildman–Crippen LogP) is 2.53. The lowest BCUT2D eigenvalue weighted by Crippen LogP contribution is -2.48. The van der Waals surface area contributed by atoms with Crippen molar-refractivity contribution in [1.82, 2.24) is 24.3 Å². The topological polar surface area (TPSA) is 54.3 Å². The Morgan fingerprint density at radius 3 is 2.57 bits per heavy atom. The Hall–Kier alpha value is -3.06. The highest BCUT2D eigenvalue weighted by Crippen LogP contribution is 2.31. The zero-order valence-corrected chi connectivity index (χ0v) is 15.7.